The van der Waals surface area contributed by atoms with Gasteiger partial charge in [0.2, 0.25) is 5.75 Å². The number of fused-ring (bicyclic) bond motifs is 1. The van der Waals surface area contributed by atoms with Gasteiger partial charge >= 0.3 is 0 Å². The van der Waals surface area contributed by atoms with Crippen LogP contribution in [0.4, 0.5) is 5.69 Å². The lowest BCUT2D eigenvalue weighted by Gasteiger charge is -2.18. The highest BCUT2D eigenvalue weighted by atomic mass is 16.5. The van der Waals surface area contributed by atoms with Crippen molar-refractivity contribution in [1.82, 2.24) is 5.32 Å². The number of carbonyl (C=O) groups excluding carboxylic acids is 2. The van der Waals surface area contributed by atoms with Crippen LogP contribution >= 0.6 is 0 Å². The maximum Gasteiger partial charge on any atom is 0.258 e. The van der Waals surface area contributed by atoms with Crippen molar-refractivity contribution in [3.63, 3.8) is 0 Å². The van der Waals surface area contributed by atoms with Crippen molar-refractivity contribution < 1.29 is 23.8 Å². The van der Waals surface area contributed by atoms with Gasteiger partial charge in [-0.15, -0.1) is 0 Å². The Morgan fingerprint density at radius 1 is 0.879 bits per heavy atom. The lowest BCUT2D eigenvalue weighted by Crippen LogP contribution is -2.28. The van der Waals surface area contributed by atoms with Crippen LogP contribution in [0.1, 0.15) is 31.8 Å². The fraction of sp³-hybridized carbons (Fsp3) is 0.231. The minimum Gasteiger partial charge on any atom is -0.493 e. The van der Waals surface area contributed by atoms with Crippen LogP contribution in [0.5, 0.6) is 17.2 Å². The molecule has 0 fully saturated rings. The molecule has 0 radical (unpaired) electrons. The summed E-state index contributed by atoms with van der Waals surface area (Å²) in [5.41, 5.74) is 4.06. The molecular weight excluding hydrogens is 420 g/mol. The molecule has 0 atom stereocenters. The largest absolute Gasteiger partial charge is 0.493 e. The molecule has 1 aliphatic rings. The first-order chi connectivity index (χ1) is 16.0. The molecule has 0 unspecified atom stereocenters. The number of amides is 2. The van der Waals surface area contributed by atoms with Crippen molar-refractivity contribution in [2.45, 2.75) is 13.0 Å². The molecule has 1 N–H and O–H groups in total. The molecule has 0 aliphatic carbocycles. The van der Waals surface area contributed by atoms with E-state index in [4.69, 9.17) is 14.2 Å². The summed E-state index contributed by atoms with van der Waals surface area (Å²) >= 11 is 0. The zero-order valence-electron chi connectivity index (χ0n) is 18.9. The smallest absolute Gasteiger partial charge is 0.258 e. The van der Waals surface area contributed by atoms with E-state index < -0.39 is 0 Å². The molecule has 7 nitrogen and oxygen atoms in total. The number of hydrogen-bond donors (Lipinski definition) is 1. The second-order valence-electron chi connectivity index (χ2n) is 7.63. The number of methoxy groups -OCH3 is 3. The second kappa shape index (κ2) is 9.65. The van der Waals surface area contributed by atoms with Gasteiger partial charge in [-0.25, -0.2) is 0 Å². The summed E-state index contributed by atoms with van der Waals surface area (Å²) in [4.78, 5) is 27.4. The molecule has 0 bridgehead atoms. The Morgan fingerprint density at radius 2 is 1.58 bits per heavy atom. The molecular formula is C26H26N2O5. The van der Waals surface area contributed by atoms with Crippen molar-refractivity contribution in [2.75, 3.05) is 32.8 Å². The van der Waals surface area contributed by atoms with Crippen molar-refractivity contribution >= 4 is 17.5 Å². The normalized spacial score (nSPS) is 12.2. The lowest BCUT2D eigenvalue weighted by atomic mass is 10.1. The maximum atomic E-state index is 12.9. The maximum absolute atomic E-state index is 12.9. The molecule has 2 amide bonds. The summed E-state index contributed by atoms with van der Waals surface area (Å²) in [6.07, 6.45) is 0.780. The molecule has 170 valence electrons. The lowest BCUT2D eigenvalue weighted by molar-refractivity contribution is 0.0948. The molecule has 1 aliphatic heterocycles. The molecule has 4 rings (SSSR count). The highest BCUT2D eigenvalue weighted by Gasteiger charge is 2.25. The Morgan fingerprint density at radius 3 is 2.21 bits per heavy atom. The van der Waals surface area contributed by atoms with Gasteiger partial charge in [0, 0.05) is 29.9 Å². The van der Waals surface area contributed by atoms with Gasteiger partial charge in [-0.05, 0) is 47.9 Å². The number of carbonyl (C=O) groups is 2. The summed E-state index contributed by atoms with van der Waals surface area (Å²) in [7, 11) is 4.53. The van der Waals surface area contributed by atoms with Gasteiger partial charge in [0.15, 0.2) is 11.5 Å². The van der Waals surface area contributed by atoms with E-state index in [-0.39, 0.29) is 11.8 Å². The Balaban J connectivity index is 1.46. The van der Waals surface area contributed by atoms with Gasteiger partial charge in [-0.2, -0.15) is 0 Å². The SMILES string of the molecule is COc1cc(C(=O)NCc2ccc3c(c2)CCN3C(=O)c2ccccc2)cc(OC)c1OC. The number of nitrogens with one attached hydrogen (secondary N) is 1. The van der Waals surface area contributed by atoms with Gasteiger partial charge in [0.05, 0.1) is 21.3 Å². The van der Waals surface area contributed by atoms with Crippen molar-refractivity contribution in [2.24, 2.45) is 0 Å². The molecule has 0 aromatic heterocycles. The van der Waals surface area contributed by atoms with Crippen LogP contribution in [-0.2, 0) is 13.0 Å². The zero-order valence-corrected chi connectivity index (χ0v) is 18.9. The number of anilines is 1. The molecule has 0 saturated heterocycles. The number of benzene rings is 3. The summed E-state index contributed by atoms with van der Waals surface area (Å²) in [5, 5.41) is 2.93. The van der Waals surface area contributed by atoms with E-state index in [0.717, 1.165) is 23.2 Å². The first-order valence-electron chi connectivity index (χ1n) is 10.6. The Labute approximate surface area is 192 Å². The third kappa shape index (κ3) is 4.48. The Hall–Kier alpha value is -4.00. The average molecular weight is 447 g/mol. The standard InChI is InChI=1S/C26H26N2O5/c1-31-22-14-20(15-23(32-2)24(22)33-3)25(29)27-16-17-9-10-21-19(13-17)11-12-28(21)26(30)18-7-5-4-6-8-18/h4-10,13-15H,11-12,16H2,1-3H3,(H,27,29). The number of ether oxygens (including phenoxy) is 3. The summed E-state index contributed by atoms with van der Waals surface area (Å²) < 4.78 is 16.0. The van der Waals surface area contributed by atoms with Gasteiger partial charge < -0.3 is 24.4 Å². The molecule has 3 aromatic carbocycles. The van der Waals surface area contributed by atoms with Crippen LogP contribution in [0.15, 0.2) is 60.7 Å². The monoisotopic (exact) mass is 446 g/mol. The van der Waals surface area contributed by atoms with Crippen LogP contribution in [-0.4, -0.2) is 39.7 Å². The first-order valence-corrected chi connectivity index (χ1v) is 10.6. The van der Waals surface area contributed by atoms with E-state index in [1.165, 1.54) is 21.3 Å². The highest BCUT2D eigenvalue weighted by Crippen LogP contribution is 2.38. The van der Waals surface area contributed by atoms with Crippen LogP contribution in [0.2, 0.25) is 0 Å². The van der Waals surface area contributed by atoms with Crippen molar-refractivity contribution in [3.05, 3.63) is 82.9 Å². The first kappa shape index (κ1) is 22.2. The van der Waals surface area contributed by atoms with E-state index >= 15 is 0 Å². The quantitative estimate of drug-likeness (QED) is 0.597. The second-order valence-corrected chi connectivity index (χ2v) is 7.63. The molecule has 1 heterocycles. The van der Waals surface area contributed by atoms with Crippen LogP contribution in [0.3, 0.4) is 0 Å². The van der Waals surface area contributed by atoms with Crippen LogP contribution < -0.4 is 24.4 Å². The Kier molecular flexibility index (Phi) is 6.49. The van der Waals surface area contributed by atoms with Gasteiger partial charge in [-0.1, -0.05) is 30.3 Å². The van der Waals surface area contributed by atoms with E-state index in [1.54, 1.807) is 12.1 Å². The zero-order chi connectivity index (χ0) is 23.4. The minimum absolute atomic E-state index is 0.00203. The fourth-order valence-electron chi connectivity index (χ4n) is 4.01. The Bertz CT molecular complexity index is 1150. The van der Waals surface area contributed by atoms with Gasteiger partial charge in [-0.3, -0.25) is 9.59 Å². The summed E-state index contributed by atoms with van der Waals surface area (Å²) in [6, 6.07) is 18.4. The van der Waals surface area contributed by atoms with Crippen LogP contribution in [0, 0.1) is 0 Å². The van der Waals surface area contributed by atoms with Gasteiger partial charge in [0.25, 0.3) is 11.8 Å². The molecule has 0 saturated carbocycles. The van der Waals surface area contributed by atoms with Gasteiger partial charge in [0.1, 0.15) is 0 Å². The van der Waals surface area contributed by atoms with E-state index in [0.29, 0.717) is 41.5 Å². The third-order valence-corrected chi connectivity index (χ3v) is 5.69. The van der Waals surface area contributed by atoms with Crippen molar-refractivity contribution in [3.8, 4) is 17.2 Å². The van der Waals surface area contributed by atoms with Crippen molar-refractivity contribution in [1.29, 1.82) is 0 Å². The van der Waals surface area contributed by atoms with E-state index in [2.05, 4.69) is 5.32 Å². The predicted octanol–water partition coefficient (Wildman–Crippen LogP) is 3.85. The topological polar surface area (TPSA) is 77.1 Å². The summed E-state index contributed by atoms with van der Waals surface area (Å²) in [6.45, 7) is 1.000. The number of rotatable bonds is 7. The molecule has 0 spiro atoms. The van der Waals surface area contributed by atoms with E-state index in [1.807, 2.05) is 53.4 Å². The fourth-order valence-corrected chi connectivity index (χ4v) is 4.01. The van der Waals surface area contributed by atoms with Crippen LogP contribution in [0.25, 0.3) is 0 Å². The number of nitrogens with zero attached hydrogens (tertiary/aromatic N) is 1. The minimum atomic E-state index is -0.254. The average Bonchev–Trinajstić information content (AvgIpc) is 3.29. The third-order valence-electron chi connectivity index (χ3n) is 5.69. The molecule has 3 aromatic rings. The molecule has 7 heteroatoms. The predicted molar refractivity (Wildman–Crippen MR) is 126 cm³/mol. The van der Waals surface area contributed by atoms with E-state index in [9.17, 15) is 9.59 Å². The summed E-state index contributed by atoms with van der Waals surface area (Å²) in [5.74, 6) is 1.02. The number of hydrogen-bond acceptors (Lipinski definition) is 5. The molecule has 33 heavy (non-hydrogen) atoms. The highest BCUT2D eigenvalue weighted by molar-refractivity contribution is 6.07.